The molecule has 0 radical (unpaired) electrons. The average Bonchev–Trinajstić information content (AvgIpc) is 2.86. The number of rotatable bonds is 8. The first-order chi connectivity index (χ1) is 16.9. The summed E-state index contributed by atoms with van der Waals surface area (Å²) in [6.45, 7) is 2.40. The van der Waals surface area contributed by atoms with Crippen molar-refractivity contribution < 1.29 is 29.0 Å². The van der Waals surface area contributed by atoms with Crippen LogP contribution in [0.5, 0.6) is 17.2 Å². The molecular weight excluding hydrogens is 452 g/mol. The number of hydrazone groups is 1. The van der Waals surface area contributed by atoms with Gasteiger partial charge in [-0.05, 0) is 61.5 Å². The summed E-state index contributed by atoms with van der Waals surface area (Å²) in [7, 11) is 1.47. The van der Waals surface area contributed by atoms with Gasteiger partial charge in [-0.2, -0.15) is 5.10 Å². The van der Waals surface area contributed by atoms with Gasteiger partial charge in [0.15, 0.2) is 0 Å². The summed E-state index contributed by atoms with van der Waals surface area (Å²) in [4.78, 5) is 37.3. The third-order valence-corrected chi connectivity index (χ3v) is 4.65. The van der Waals surface area contributed by atoms with Crippen LogP contribution in [0, 0.1) is 0 Å². The van der Waals surface area contributed by atoms with Gasteiger partial charge in [0, 0.05) is 11.3 Å². The van der Waals surface area contributed by atoms with Gasteiger partial charge in [-0.3, -0.25) is 14.4 Å². The fourth-order valence-corrected chi connectivity index (χ4v) is 2.94. The number of aromatic hydroxyl groups is 1. The van der Waals surface area contributed by atoms with Crippen molar-refractivity contribution in [2.75, 3.05) is 24.4 Å². The van der Waals surface area contributed by atoms with Crippen molar-refractivity contribution in [3.05, 3.63) is 77.9 Å². The van der Waals surface area contributed by atoms with Gasteiger partial charge in [-0.1, -0.05) is 12.1 Å². The number of nitrogens with zero attached hydrogens (tertiary/aromatic N) is 1. The minimum Gasteiger partial charge on any atom is -0.507 e. The van der Waals surface area contributed by atoms with Gasteiger partial charge in [0.2, 0.25) is 0 Å². The van der Waals surface area contributed by atoms with E-state index < -0.39 is 17.7 Å². The maximum Gasteiger partial charge on any atom is 0.329 e. The molecule has 0 fully saturated rings. The molecule has 0 unspecified atom stereocenters. The number of carbonyl (C=O) groups is 3. The Morgan fingerprint density at radius 2 is 1.66 bits per heavy atom. The van der Waals surface area contributed by atoms with Gasteiger partial charge < -0.3 is 25.2 Å². The number of hydrogen-bond donors (Lipinski definition) is 4. The lowest BCUT2D eigenvalue weighted by molar-refractivity contribution is -0.136. The molecule has 0 aliphatic rings. The molecule has 0 aromatic heterocycles. The summed E-state index contributed by atoms with van der Waals surface area (Å²) in [6, 6.07) is 17.6. The van der Waals surface area contributed by atoms with Gasteiger partial charge in [0.1, 0.15) is 17.2 Å². The Hall–Kier alpha value is -4.86. The lowest BCUT2D eigenvalue weighted by atomic mass is 10.1. The highest BCUT2D eigenvalue weighted by Crippen LogP contribution is 2.21. The van der Waals surface area contributed by atoms with Crippen LogP contribution in [0.2, 0.25) is 0 Å². The van der Waals surface area contributed by atoms with Crippen LogP contribution in [0.4, 0.5) is 11.4 Å². The van der Waals surface area contributed by atoms with Crippen LogP contribution in [0.1, 0.15) is 22.8 Å². The highest BCUT2D eigenvalue weighted by Gasteiger charge is 2.18. The second-order valence-corrected chi connectivity index (χ2v) is 7.04. The molecule has 180 valence electrons. The van der Waals surface area contributed by atoms with Crippen LogP contribution in [0.15, 0.2) is 71.8 Å². The molecule has 0 atom stereocenters. The largest absolute Gasteiger partial charge is 0.507 e. The smallest absolute Gasteiger partial charge is 0.329 e. The first-order valence-electron chi connectivity index (χ1n) is 10.6. The normalized spacial score (nSPS) is 10.5. The molecule has 3 amide bonds. The van der Waals surface area contributed by atoms with Crippen molar-refractivity contribution in [2.24, 2.45) is 5.10 Å². The predicted molar refractivity (Wildman–Crippen MR) is 131 cm³/mol. The summed E-state index contributed by atoms with van der Waals surface area (Å²) in [5.74, 6) is -1.50. The number of nitrogens with one attached hydrogen (secondary N) is 3. The Balaban J connectivity index is 1.63. The van der Waals surface area contributed by atoms with Crippen molar-refractivity contribution >= 4 is 35.3 Å². The van der Waals surface area contributed by atoms with Crippen LogP contribution >= 0.6 is 0 Å². The lowest BCUT2D eigenvalue weighted by Crippen LogP contribution is -2.33. The molecule has 3 rings (SSSR count). The van der Waals surface area contributed by atoms with E-state index >= 15 is 0 Å². The number of amides is 3. The SMILES string of the molecule is CCOc1ccc(NC(=O)c2ccccc2NC(=O)C(=O)N/N=C\c2cc(OC)ccc2O)cc1. The van der Waals surface area contributed by atoms with E-state index in [4.69, 9.17) is 9.47 Å². The standard InChI is InChI=1S/C25H24N4O6/c1-3-35-18-10-8-17(9-11-18)27-23(31)20-6-4-5-7-21(20)28-24(32)25(33)29-26-15-16-14-19(34-2)12-13-22(16)30/h4-15,30H,3H2,1-2H3,(H,27,31)(H,28,32)(H,29,33)/b26-15-. The summed E-state index contributed by atoms with van der Waals surface area (Å²) >= 11 is 0. The summed E-state index contributed by atoms with van der Waals surface area (Å²) in [5.41, 5.74) is 3.19. The Labute approximate surface area is 201 Å². The number of hydrogen-bond acceptors (Lipinski definition) is 7. The predicted octanol–water partition coefficient (Wildman–Crippen LogP) is 3.14. The number of phenolic OH excluding ortho intramolecular Hbond substituents is 1. The minimum atomic E-state index is -1.06. The van der Waals surface area contributed by atoms with Crippen molar-refractivity contribution in [3.63, 3.8) is 0 Å². The van der Waals surface area contributed by atoms with Crippen molar-refractivity contribution in [3.8, 4) is 17.2 Å². The lowest BCUT2D eigenvalue weighted by Gasteiger charge is -2.11. The van der Waals surface area contributed by atoms with E-state index in [1.807, 2.05) is 6.92 Å². The van der Waals surface area contributed by atoms with E-state index in [0.717, 1.165) is 0 Å². The number of phenols is 1. The molecule has 0 spiro atoms. The monoisotopic (exact) mass is 476 g/mol. The third kappa shape index (κ3) is 6.81. The molecule has 0 saturated carbocycles. The summed E-state index contributed by atoms with van der Waals surface area (Å²) < 4.78 is 10.4. The van der Waals surface area contributed by atoms with Gasteiger partial charge in [-0.15, -0.1) is 0 Å². The molecule has 0 heterocycles. The molecule has 10 heteroatoms. The van der Waals surface area contributed by atoms with Crippen LogP contribution in [-0.4, -0.2) is 42.8 Å². The van der Waals surface area contributed by atoms with Gasteiger partial charge in [0.25, 0.3) is 5.91 Å². The molecule has 3 aromatic rings. The molecule has 0 aliphatic carbocycles. The second kappa shape index (κ2) is 11.8. The van der Waals surface area contributed by atoms with Crippen molar-refractivity contribution in [2.45, 2.75) is 6.92 Å². The van der Waals surface area contributed by atoms with E-state index in [-0.39, 0.29) is 22.6 Å². The van der Waals surface area contributed by atoms with E-state index in [1.54, 1.807) is 42.5 Å². The fourth-order valence-electron chi connectivity index (χ4n) is 2.94. The molecule has 35 heavy (non-hydrogen) atoms. The molecule has 10 nitrogen and oxygen atoms in total. The van der Waals surface area contributed by atoms with E-state index in [2.05, 4.69) is 21.2 Å². The average molecular weight is 476 g/mol. The molecular formula is C25H24N4O6. The topological polar surface area (TPSA) is 138 Å². The van der Waals surface area contributed by atoms with Gasteiger partial charge in [-0.25, -0.2) is 5.43 Å². The molecule has 0 saturated heterocycles. The molecule has 0 aliphatic heterocycles. The zero-order valence-corrected chi connectivity index (χ0v) is 19.1. The van der Waals surface area contributed by atoms with Crippen LogP contribution < -0.4 is 25.5 Å². The molecule has 0 bridgehead atoms. The van der Waals surface area contributed by atoms with E-state index in [0.29, 0.717) is 23.8 Å². The first-order valence-corrected chi connectivity index (χ1v) is 10.6. The summed E-state index contributed by atoms with van der Waals surface area (Å²) in [6.07, 6.45) is 1.17. The molecule has 4 N–H and O–H groups in total. The number of anilines is 2. The number of ether oxygens (including phenoxy) is 2. The van der Waals surface area contributed by atoms with E-state index in [1.165, 1.54) is 37.6 Å². The summed E-state index contributed by atoms with van der Waals surface area (Å²) in [5, 5.41) is 18.7. The Morgan fingerprint density at radius 1 is 0.943 bits per heavy atom. The van der Waals surface area contributed by atoms with Crippen LogP contribution in [0.25, 0.3) is 0 Å². The van der Waals surface area contributed by atoms with Crippen LogP contribution in [-0.2, 0) is 9.59 Å². The third-order valence-electron chi connectivity index (χ3n) is 4.65. The highest BCUT2D eigenvalue weighted by molar-refractivity contribution is 6.40. The van der Waals surface area contributed by atoms with Crippen LogP contribution in [0.3, 0.4) is 0 Å². The Morgan fingerprint density at radius 3 is 2.37 bits per heavy atom. The number of benzene rings is 3. The fraction of sp³-hybridized carbons (Fsp3) is 0.120. The van der Waals surface area contributed by atoms with Crippen molar-refractivity contribution in [1.82, 2.24) is 5.43 Å². The second-order valence-electron chi connectivity index (χ2n) is 7.04. The Kier molecular flexibility index (Phi) is 8.38. The van der Waals surface area contributed by atoms with Gasteiger partial charge >= 0.3 is 11.8 Å². The molecule has 3 aromatic carbocycles. The highest BCUT2D eigenvalue weighted by atomic mass is 16.5. The zero-order chi connectivity index (χ0) is 25.2. The maximum atomic E-state index is 12.8. The minimum absolute atomic E-state index is 0.0827. The quantitative estimate of drug-likeness (QED) is 0.224. The van der Waals surface area contributed by atoms with Crippen molar-refractivity contribution in [1.29, 1.82) is 0 Å². The zero-order valence-electron chi connectivity index (χ0n) is 19.1. The Bertz CT molecular complexity index is 1240. The number of methoxy groups -OCH3 is 1. The van der Waals surface area contributed by atoms with Gasteiger partial charge in [0.05, 0.1) is 31.2 Å². The number of para-hydroxylation sites is 1. The van der Waals surface area contributed by atoms with E-state index in [9.17, 15) is 19.5 Å². The maximum absolute atomic E-state index is 12.8. The number of carbonyl (C=O) groups excluding carboxylic acids is 3. The first kappa shape index (κ1) is 24.8.